The van der Waals surface area contributed by atoms with E-state index < -0.39 is 24.1 Å². The summed E-state index contributed by atoms with van der Waals surface area (Å²) in [5.41, 5.74) is 3.76. The molecule has 1 unspecified atom stereocenters. The molecule has 162 valence electrons. The van der Waals surface area contributed by atoms with E-state index in [-0.39, 0.29) is 5.91 Å². The summed E-state index contributed by atoms with van der Waals surface area (Å²) in [6.07, 6.45) is -1.86. The molecule has 0 saturated carbocycles. The van der Waals surface area contributed by atoms with Crippen LogP contribution in [-0.4, -0.2) is 31.1 Å². The van der Waals surface area contributed by atoms with E-state index in [1.165, 1.54) is 11.8 Å². The van der Waals surface area contributed by atoms with Crippen LogP contribution >= 0.6 is 0 Å². The maximum atomic E-state index is 13.3. The summed E-state index contributed by atoms with van der Waals surface area (Å²) in [5.74, 6) is -0.850. The highest BCUT2D eigenvalue weighted by Gasteiger charge is 2.34. The van der Waals surface area contributed by atoms with Crippen LogP contribution in [0, 0.1) is 0 Å². The quantitative estimate of drug-likeness (QED) is 0.653. The van der Waals surface area contributed by atoms with E-state index in [2.05, 4.69) is 10.6 Å². The number of benzene rings is 3. The lowest BCUT2D eigenvalue weighted by Gasteiger charge is -2.24. The highest BCUT2D eigenvalue weighted by Crippen LogP contribution is 2.39. The van der Waals surface area contributed by atoms with Crippen molar-refractivity contribution in [1.82, 2.24) is 5.32 Å². The minimum atomic E-state index is -1.10. The number of hydrogen-bond donors (Lipinski definition) is 2. The molecular weight excluding hydrogens is 406 g/mol. The largest absolute Gasteiger partial charge is 0.436 e. The molecule has 0 fully saturated rings. The predicted molar refractivity (Wildman–Crippen MR) is 122 cm³/mol. The van der Waals surface area contributed by atoms with E-state index >= 15 is 0 Å². The lowest BCUT2D eigenvalue weighted by molar-refractivity contribution is -0.132. The van der Waals surface area contributed by atoms with Gasteiger partial charge in [0.2, 0.25) is 0 Å². The molecule has 4 rings (SSSR count). The Kier molecular flexibility index (Phi) is 5.89. The molecule has 32 heavy (non-hydrogen) atoms. The number of amides is 3. The van der Waals surface area contributed by atoms with Crippen LogP contribution in [0.2, 0.25) is 0 Å². The van der Waals surface area contributed by atoms with Gasteiger partial charge in [-0.2, -0.15) is 0 Å². The Morgan fingerprint density at radius 2 is 1.53 bits per heavy atom. The second-order valence-corrected chi connectivity index (χ2v) is 7.48. The minimum Gasteiger partial charge on any atom is -0.436 e. The van der Waals surface area contributed by atoms with Crippen molar-refractivity contribution in [2.75, 3.05) is 17.3 Å². The second-order valence-electron chi connectivity index (χ2n) is 7.48. The standard InChI is InChI=1S/C25H23N3O4/c1-16(32-25(31)26-17-10-4-3-5-11-17)23(29)27-22-20-14-7-6-12-18(20)19-13-8-9-15-21(19)28(2)24(22)30/h3-16,22H,1-2H3,(H,26,31)(H,27,29)/t16-,22?/m0/s1. The lowest BCUT2D eigenvalue weighted by Crippen LogP contribution is -2.45. The van der Waals surface area contributed by atoms with Crippen molar-refractivity contribution in [3.63, 3.8) is 0 Å². The monoisotopic (exact) mass is 429 g/mol. The van der Waals surface area contributed by atoms with Crippen molar-refractivity contribution in [3.05, 3.63) is 84.4 Å². The molecule has 0 spiro atoms. The van der Waals surface area contributed by atoms with Gasteiger partial charge in [0.05, 0.1) is 5.69 Å². The summed E-state index contributed by atoms with van der Waals surface area (Å²) in [7, 11) is 1.68. The molecule has 0 saturated heterocycles. The zero-order valence-corrected chi connectivity index (χ0v) is 17.7. The van der Waals surface area contributed by atoms with Crippen molar-refractivity contribution >= 4 is 29.3 Å². The van der Waals surface area contributed by atoms with Gasteiger partial charge in [0.1, 0.15) is 6.04 Å². The van der Waals surface area contributed by atoms with E-state index in [4.69, 9.17) is 4.74 Å². The molecule has 0 aliphatic carbocycles. The highest BCUT2D eigenvalue weighted by atomic mass is 16.6. The van der Waals surface area contributed by atoms with Gasteiger partial charge < -0.3 is 15.0 Å². The molecule has 1 aliphatic heterocycles. The Morgan fingerprint density at radius 3 is 2.28 bits per heavy atom. The smallest absolute Gasteiger partial charge is 0.412 e. The van der Waals surface area contributed by atoms with Crippen LogP contribution in [0.3, 0.4) is 0 Å². The predicted octanol–water partition coefficient (Wildman–Crippen LogP) is 4.12. The maximum absolute atomic E-state index is 13.3. The minimum absolute atomic E-state index is 0.281. The van der Waals surface area contributed by atoms with Gasteiger partial charge >= 0.3 is 6.09 Å². The lowest BCUT2D eigenvalue weighted by atomic mass is 9.95. The van der Waals surface area contributed by atoms with Crippen molar-refractivity contribution < 1.29 is 19.1 Å². The molecule has 2 atom stereocenters. The number of fused-ring (bicyclic) bond motifs is 3. The first-order valence-electron chi connectivity index (χ1n) is 10.2. The maximum Gasteiger partial charge on any atom is 0.412 e. The number of para-hydroxylation sites is 2. The van der Waals surface area contributed by atoms with E-state index in [9.17, 15) is 14.4 Å². The zero-order chi connectivity index (χ0) is 22.7. The second kappa shape index (κ2) is 8.93. The molecule has 0 radical (unpaired) electrons. The molecular formula is C25H23N3O4. The fourth-order valence-electron chi connectivity index (χ4n) is 3.72. The molecule has 3 aromatic carbocycles. The fourth-order valence-corrected chi connectivity index (χ4v) is 3.72. The molecule has 3 aromatic rings. The highest BCUT2D eigenvalue weighted by molar-refractivity contribution is 6.06. The SMILES string of the molecule is C[C@H](OC(=O)Nc1ccccc1)C(=O)NC1C(=O)N(C)c2ccccc2-c2ccccc21. The molecule has 0 bridgehead atoms. The van der Waals surface area contributed by atoms with Gasteiger partial charge in [-0.25, -0.2) is 4.79 Å². The van der Waals surface area contributed by atoms with E-state index in [1.54, 1.807) is 31.3 Å². The Morgan fingerprint density at radius 1 is 0.906 bits per heavy atom. The van der Waals surface area contributed by atoms with E-state index in [1.807, 2.05) is 54.6 Å². The molecule has 0 aromatic heterocycles. The number of ether oxygens (including phenoxy) is 1. The number of nitrogens with one attached hydrogen (secondary N) is 2. The molecule has 7 nitrogen and oxygen atoms in total. The molecule has 1 heterocycles. The van der Waals surface area contributed by atoms with Gasteiger partial charge in [-0.1, -0.05) is 60.7 Å². The van der Waals surface area contributed by atoms with Crippen LogP contribution in [-0.2, 0) is 14.3 Å². The molecule has 3 amide bonds. The van der Waals surface area contributed by atoms with E-state index in [0.717, 1.165) is 16.8 Å². The van der Waals surface area contributed by atoms with Gasteiger partial charge in [0.15, 0.2) is 6.10 Å². The average Bonchev–Trinajstić information content (AvgIpc) is 2.89. The topological polar surface area (TPSA) is 87.7 Å². The number of anilines is 2. The summed E-state index contributed by atoms with van der Waals surface area (Å²) >= 11 is 0. The fraction of sp³-hybridized carbons (Fsp3) is 0.160. The van der Waals surface area contributed by atoms with Crippen LogP contribution in [0.5, 0.6) is 0 Å². The molecule has 2 N–H and O–H groups in total. The number of nitrogens with zero attached hydrogens (tertiary/aromatic N) is 1. The van der Waals surface area contributed by atoms with Gasteiger partial charge in [0.25, 0.3) is 11.8 Å². The number of hydrogen-bond acceptors (Lipinski definition) is 4. The van der Waals surface area contributed by atoms with Crippen LogP contribution < -0.4 is 15.5 Å². The van der Waals surface area contributed by atoms with Crippen LogP contribution in [0.4, 0.5) is 16.2 Å². The number of carbonyl (C=O) groups excluding carboxylic acids is 3. The molecule has 1 aliphatic rings. The van der Waals surface area contributed by atoms with Gasteiger partial charge in [-0.05, 0) is 36.2 Å². The third kappa shape index (κ3) is 4.18. The first kappa shape index (κ1) is 21.1. The van der Waals surface area contributed by atoms with Crippen LogP contribution in [0.25, 0.3) is 11.1 Å². The Balaban J connectivity index is 1.54. The van der Waals surface area contributed by atoms with E-state index in [0.29, 0.717) is 11.3 Å². The van der Waals surface area contributed by atoms with Crippen molar-refractivity contribution in [2.45, 2.75) is 19.1 Å². The van der Waals surface area contributed by atoms with Gasteiger partial charge in [-0.3, -0.25) is 14.9 Å². The summed E-state index contributed by atoms with van der Waals surface area (Å²) in [4.78, 5) is 39.8. The summed E-state index contributed by atoms with van der Waals surface area (Å²) in [6, 6.07) is 22.9. The van der Waals surface area contributed by atoms with Crippen molar-refractivity contribution in [2.24, 2.45) is 0 Å². The first-order chi connectivity index (χ1) is 15.5. The Hall–Kier alpha value is -4.13. The molecule has 7 heteroatoms. The Labute approximate surface area is 186 Å². The van der Waals surface area contributed by atoms with Gasteiger partial charge in [-0.15, -0.1) is 0 Å². The summed E-state index contributed by atoms with van der Waals surface area (Å²) < 4.78 is 5.21. The average molecular weight is 429 g/mol. The number of likely N-dealkylation sites (N-methyl/N-ethyl adjacent to an activating group) is 1. The Bertz CT molecular complexity index is 1160. The number of carbonyl (C=O) groups is 3. The first-order valence-corrected chi connectivity index (χ1v) is 10.2. The summed E-state index contributed by atoms with van der Waals surface area (Å²) in [6.45, 7) is 1.46. The third-order valence-electron chi connectivity index (χ3n) is 5.36. The zero-order valence-electron chi connectivity index (χ0n) is 17.7. The number of rotatable bonds is 4. The van der Waals surface area contributed by atoms with Gasteiger partial charge in [0, 0.05) is 18.3 Å². The van der Waals surface area contributed by atoms with Crippen molar-refractivity contribution in [3.8, 4) is 11.1 Å². The summed E-state index contributed by atoms with van der Waals surface area (Å²) in [5, 5.41) is 5.33. The van der Waals surface area contributed by atoms with Crippen molar-refractivity contribution in [1.29, 1.82) is 0 Å². The van der Waals surface area contributed by atoms with Crippen LogP contribution in [0.15, 0.2) is 78.9 Å². The third-order valence-corrected chi connectivity index (χ3v) is 5.36. The normalized spacial score (nSPS) is 15.6. The van der Waals surface area contributed by atoms with Crippen LogP contribution in [0.1, 0.15) is 18.5 Å².